The summed E-state index contributed by atoms with van der Waals surface area (Å²) in [7, 11) is 0. The van der Waals surface area contributed by atoms with E-state index in [-0.39, 0.29) is 5.91 Å². The summed E-state index contributed by atoms with van der Waals surface area (Å²) in [5.41, 5.74) is 9.42. The molecule has 0 unspecified atom stereocenters. The molecule has 0 fully saturated rings. The molecule has 3 aromatic rings. The van der Waals surface area contributed by atoms with Gasteiger partial charge in [0, 0.05) is 30.0 Å². The topological polar surface area (TPSA) is 44.4 Å². The zero-order valence-electron chi connectivity index (χ0n) is 19.7. The Bertz CT molecular complexity index is 1150. The van der Waals surface area contributed by atoms with Crippen molar-refractivity contribution >= 4 is 28.7 Å². The van der Waals surface area contributed by atoms with Gasteiger partial charge in [0.2, 0.25) is 0 Å². The highest BCUT2D eigenvalue weighted by Crippen LogP contribution is 2.40. The van der Waals surface area contributed by atoms with Crippen LogP contribution in [-0.4, -0.2) is 19.0 Å². The number of carbonyl (C=O) groups excluding carboxylic acids is 1. The lowest BCUT2D eigenvalue weighted by atomic mass is 9.89. The molecule has 4 heteroatoms. The Morgan fingerprint density at radius 2 is 1.73 bits per heavy atom. The maximum absolute atomic E-state index is 12.9. The number of rotatable bonds is 4. The molecule has 0 radical (unpaired) electrons. The number of anilines is 4. The standard InChI is InChI=1S/C29H33N3O/c1-20(2)24-9-5-6-11-26(24)29(33)31-22-13-15-23(16-14-22)32-19-7-18-30-28-25-10-4-3-8-21(25)12-17-27(28)32/h5-6,9,11-17,20,30H,3-4,7-8,10,18-19H2,1-2H3,(H,31,33). The van der Waals surface area contributed by atoms with Crippen LogP contribution in [0.5, 0.6) is 0 Å². The molecule has 33 heavy (non-hydrogen) atoms. The van der Waals surface area contributed by atoms with Crippen LogP contribution in [0.2, 0.25) is 0 Å². The summed E-state index contributed by atoms with van der Waals surface area (Å²) >= 11 is 0. The Kier molecular flexibility index (Phi) is 6.08. The van der Waals surface area contributed by atoms with Crippen molar-refractivity contribution in [1.29, 1.82) is 0 Å². The minimum Gasteiger partial charge on any atom is -0.383 e. The van der Waals surface area contributed by atoms with Crippen molar-refractivity contribution < 1.29 is 4.79 Å². The molecule has 2 N–H and O–H groups in total. The average molecular weight is 440 g/mol. The molecule has 0 atom stereocenters. The van der Waals surface area contributed by atoms with Crippen molar-refractivity contribution in [1.82, 2.24) is 0 Å². The molecule has 1 heterocycles. The van der Waals surface area contributed by atoms with Crippen molar-refractivity contribution in [2.45, 2.75) is 51.9 Å². The van der Waals surface area contributed by atoms with E-state index in [0.29, 0.717) is 5.92 Å². The van der Waals surface area contributed by atoms with E-state index in [9.17, 15) is 4.79 Å². The van der Waals surface area contributed by atoms with Crippen LogP contribution in [0.4, 0.5) is 22.7 Å². The number of hydrogen-bond acceptors (Lipinski definition) is 3. The van der Waals surface area contributed by atoms with Gasteiger partial charge in [-0.15, -0.1) is 0 Å². The fraction of sp³-hybridized carbons (Fsp3) is 0.345. The Hall–Kier alpha value is -3.27. The van der Waals surface area contributed by atoms with Crippen LogP contribution in [0.15, 0.2) is 60.7 Å². The molecule has 1 aliphatic carbocycles. The van der Waals surface area contributed by atoms with E-state index < -0.39 is 0 Å². The van der Waals surface area contributed by atoms with Crippen molar-refractivity contribution in [2.24, 2.45) is 0 Å². The second-order valence-electron chi connectivity index (χ2n) is 9.48. The van der Waals surface area contributed by atoms with E-state index in [1.165, 1.54) is 48.2 Å². The third-order valence-corrected chi connectivity index (χ3v) is 6.93. The van der Waals surface area contributed by atoms with Gasteiger partial charge < -0.3 is 15.5 Å². The second kappa shape index (κ2) is 9.30. The van der Waals surface area contributed by atoms with Crippen LogP contribution in [0.1, 0.15) is 66.1 Å². The van der Waals surface area contributed by atoms with Crippen LogP contribution in [0.3, 0.4) is 0 Å². The van der Waals surface area contributed by atoms with E-state index in [2.05, 4.69) is 53.6 Å². The van der Waals surface area contributed by atoms with Crippen molar-refractivity contribution in [2.75, 3.05) is 28.6 Å². The average Bonchev–Trinajstić information content (AvgIpc) is 3.07. The lowest BCUT2D eigenvalue weighted by molar-refractivity contribution is 0.102. The molecular formula is C29H33N3O. The van der Waals surface area contributed by atoms with Crippen molar-refractivity contribution in [3.8, 4) is 0 Å². The number of fused-ring (bicyclic) bond motifs is 3. The fourth-order valence-electron chi connectivity index (χ4n) is 5.21. The van der Waals surface area contributed by atoms with Gasteiger partial charge in [0.15, 0.2) is 0 Å². The summed E-state index contributed by atoms with van der Waals surface area (Å²) in [5, 5.41) is 6.81. The first-order valence-electron chi connectivity index (χ1n) is 12.3. The van der Waals surface area contributed by atoms with Crippen LogP contribution in [-0.2, 0) is 12.8 Å². The molecule has 0 bridgehead atoms. The van der Waals surface area contributed by atoms with E-state index in [1.807, 2.05) is 36.4 Å². The zero-order chi connectivity index (χ0) is 22.8. The minimum absolute atomic E-state index is 0.0528. The SMILES string of the molecule is CC(C)c1ccccc1C(=O)Nc1ccc(N2CCCNc3c2ccc2c3CCCC2)cc1. The maximum Gasteiger partial charge on any atom is 0.255 e. The lowest BCUT2D eigenvalue weighted by Gasteiger charge is -2.28. The lowest BCUT2D eigenvalue weighted by Crippen LogP contribution is -2.19. The third-order valence-electron chi connectivity index (χ3n) is 6.93. The Morgan fingerprint density at radius 1 is 0.939 bits per heavy atom. The van der Waals surface area contributed by atoms with E-state index in [0.717, 1.165) is 42.0 Å². The minimum atomic E-state index is -0.0528. The molecule has 0 spiro atoms. The first-order valence-corrected chi connectivity index (χ1v) is 12.3. The summed E-state index contributed by atoms with van der Waals surface area (Å²) in [6.07, 6.45) is 6.03. The highest BCUT2D eigenvalue weighted by atomic mass is 16.1. The van der Waals surface area contributed by atoms with Crippen LogP contribution in [0, 0.1) is 0 Å². The first kappa shape index (κ1) is 21.6. The van der Waals surface area contributed by atoms with Crippen LogP contribution < -0.4 is 15.5 Å². The molecule has 0 saturated carbocycles. The molecule has 3 aromatic carbocycles. The number of aryl methyl sites for hydroxylation is 1. The van der Waals surface area contributed by atoms with Gasteiger partial charge in [-0.25, -0.2) is 0 Å². The van der Waals surface area contributed by atoms with Gasteiger partial charge in [-0.05, 0) is 91.1 Å². The van der Waals surface area contributed by atoms with Crippen LogP contribution in [0.25, 0.3) is 0 Å². The number of hydrogen-bond donors (Lipinski definition) is 2. The van der Waals surface area contributed by atoms with E-state index in [1.54, 1.807) is 0 Å². The van der Waals surface area contributed by atoms with Gasteiger partial charge in [-0.1, -0.05) is 38.1 Å². The fourth-order valence-corrected chi connectivity index (χ4v) is 5.21. The molecule has 170 valence electrons. The molecule has 2 aliphatic rings. The maximum atomic E-state index is 12.9. The molecule has 0 aromatic heterocycles. The summed E-state index contributed by atoms with van der Waals surface area (Å²) in [5.74, 6) is 0.250. The Labute approximate surface area is 197 Å². The predicted octanol–water partition coefficient (Wildman–Crippen LogP) is 6.89. The van der Waals surface area contributed by atoms with Gasteiger partial charge in [-0.3, -0.25) is 4.79 Å². The van der Waals surface area contributed by atoms with Crippen LogP contribution >= 0.6 is 0 Å². The first-order chi connectivity index (χ1) is 16.1. The summed E-state index contributed by atoms with van der Waals surface area (Å²) in [6, 6.07) is 20.7. The molecule has 4 nitrogen and oxygen atoms in total. The third kappa shape index (κ3) is 4.35. The predicted molar refractivity (Wildman–Crippen MR) is 138 cm³/mol. The van der Waals surface area contributed by atoms with Gasteiger partial charge >= 0.3 is 0 Å². The number of benzene rings is 3. The number of carbonyl (C=O) groups is 1. The number of amides is 1. The molecule has 5 rings (SSSR count). The second-order valence-corrected chi connectivity index (χ2v) is 9.48. The van der Waals surface area contributed by atoms with Crippen molar-refractivity contribution in [3.05, 3.63) is 82.9 Å². The summed E-state index contributed by atoms with van der Waals surface area (Å²) in [6.45, 7) is 6.22. The van der Waals surface area contributed by atoms with Gasteiger partial charge in [0.25, 0.3) is 5.91 Å². The van der Waals surface area contributed by atoms with Gasteiger partial charge in [0.05, 0.1) is 11.4 Å². The molecular weight excluding hydrogens is 406 g/mol. The number of nitrogens with one attached hydrogen (secondary N) is 2. The molecule has 1 aliphatic heterocycles. The zero-order valence-corrected chi connectivity index (χ0v) is 19.7. The summed E-state index contributed by atoms with van der Waals surface area (Å²) < 4.78 is 0. The molecule has 1 amide bonds. The highest BCUT2D eigenvalue weighted by Gasteiger charge is 2.23. The monoisotopic (exact) mass is 439 g/mol. The smallest absolute Gasteiger partial charge is 0.255 e. The largest absolute Gasteiger partial charge is 0.383 e. The van der Waals surface area contributed by atoms with Gasteiger partial charge in [-0.2, -0.15) is 0 Å². The van der Waals surface area contributed by atoms with Crippen molar-refractivity contribution in [3.63, 3.8) is 0 Å². The van der Waals surface area contributed by atoms with Gasteiger partial charge in [0.1, 0.15) is 0 Å². The quantitative estimate of drug-likeness (QED) is 0.465. The normalized spacial score (nSPS) is 15.3. The Morgan fingerprint density at radius 3 is 2.55 bits per heavy atom. The number of nitrogens with zero attached hydrogens (tertiary/aromatic N) is 1. The summed E-state index contributed by atoms with van der Waals surface area (Å²) in [4.78, 5) is 15.4. The van der Waals surface area contributed by atoms with E-state index in [4.69, 9.17) is 0 Å². The highest BCUT2D eigenvalue weighted by molar-refractivity contribution is 6.05. The Balaban J connectivity index is 1.39. The molecule has 0 saturated heterocycles. The van der Waals surface area contributed by atoms with E-state index >= 15 is 0 Å².